The van der Waals surface area contributed by atoms with Crippen LogP contribution in [0.4, 0.5) is 0 Å². The molecule has 9 nitrogen and oxygen atoms in total. The molecule has 220 valence electrons. The zero-order chi connectivity index (χ0) is 28.3. The second-order valence-corrected chi connectivity index (χ2v) is 8.33. The number of rotatable bonds is 23. The average molecular weight is 541 g/mol. The number of benzene rings is 1. The second-order valence-electron chi connectivity index (χ2n) is 8.33. The molecule has 1 aromatic rings. The number of carbonyl (C=O) groups is 2. The Morgan fingerprint density at radius 1 is 0.737 bits per heavy atom. The number of methoxy groups -OCH3 is 1. The van der Waals surface area contributed by atoms with E-state index >= 15 is 0 Å². The van der Waals surface area contributed by atoms with Gasteiger partial charge >= 0.3 is 0 Å². The molecule has 0 aliphatic heterocycles. The van der Waals surface area contributed by atoms with Crippen molar-refractivity contribution in [2.24, 2.45) is 0 Å². The summed E-state index contributed by atoms with van der Waals surface area (Å²) in [4.78, 5) is 23.6. The third-order valence-electron chi connectivity index (χ3n) is 5.54. The van der Waals surface area contributed by atoms with Crippen molar-refractivity contribution < 1.29 is 33.3 Å². The molecular formula is C29H52N2O7. The molecule has 0 radical (unpaired) electrons. The van der Waals surface area contributed by atoms with Crippen LogP contribution in [0.3, 0.4) is 0 Å². The first-order valence-electron chi connectivity index (χ1n) is 14.1. The van der Waals surface area contributed by atoms with Crippen molar-refractivity contribution in [2.75, 3.05) is 66.5 Å². The number of hydrogen-bond acceptors (Lipinski definition) is 7. The van der Waals surface area contributed by atoms with E-state index in [1.165, 1.54) is 5.56 Å². The van der Waals surface area contributed by atoms with Gasteiger partial charge in [-0.15, -0.1) is 0 Å². The normalized spacial score (nSPS) is 10.6. The lowest BCUT2D eigenvalue weighted by molar-refractivity contribution is -0.123. The quantitative estimate of drug-likeness (QED) is 0.203. The molecule has 0 unspecified atom stereocenters. The van der Waals surface area contributed by atoms with Gasteiger partial charge in [0.15, 0.2) is 0 Å². The lowest BCUT2D eigenvalue weighted by atomic mass is 10.1. The van der Waals surface area contributed by atoms with E-state index in [2.05, 4.69) is 24.5 Å². The van der Waals surface area contributed by atoms with E-state index in [0.29, 0.717) is 72.2 Å². The first kappa shape index (κ1) is 35.8. The van der Waals surface area contributed by atoms with Crippen LogP contribution in [0.2, 0.25) is 0 Å². The minimum Gasteiger partial charge on any atom is -0.497 e. The van der Waals surface area contributed by atoms with E-state index in [4.69, 9.17) is 23.7 Å². The molecule has 1 aromatic carbocycles. The first-order valence-corrected chi connectivity index (χ1v) is 14.1. The van der Waals surface area contributed by atoms with Crippen LogP contribution in [-0.2, 0) is 35.0 Å². The first-order chi connectivity index (χ1) is 18.6. The molecule has 2 amide bonds. The molecule has 38 heavy (non-hydrogen) atoms. The highest BCUT2D eigenvalue weighted by Crippen LogP contribution is 2.13. The predicted octanol–water partition coefficient (Wildman–Crippen LogP) is 3.92. The third kappa shape index (κ3) is 20.8. The zero-order valence-electron chi connectivity index (χ0n) is 24.4. The van der Waals surface area contributed by atoms with E-state index in [9.17, 15) is 9.59 Å². The fourth-order valence-electron chi connectivity index (χ4n) is 3.32. The maximum Gasteiger partial charge on any atom is 0.222 e. The standard InChI is InChI=1S/C27H46N2O7.C2H6/c1-4-24(5-2)29-27(31)13-15-33-17-19-35-21-22-36-20-18-34-16-14-28-26(30)8-6-7-23-9-11-25(32-3)12-10-23;1-2/h9-12,24H,4-8,13-22H2,1-3H3,(H,28,30)(H,29,31);1-2H3. The Hall–Kier alpha value is -2.20. The molecule has 0 atom stereocenters. The molecule has 0 aliphatic carbocycles. The van der Waals surface area contributed by atoms with Gasteiger partial charge < -0.3 is 34.3 Å². The van der Waals surface area contributed by atoms with Gasteiger partial charge in [0.2, 0.25) is 11.8 Å². The summed E-state index contributed by atoms with van der Waals surface area (Å²) in [6.07, 6.45) is 4.41. The summed E-state index contributed by atoms with van der Waals surface area (Å²) >= 11 is 0. The van der Waals surface area contributed by atoms with Crippen LogP contribution in [0.15, 0.2) is 24.3 Å². The van der Waals surface area contributed by atoms with Gasteiger partial charge in [-0.1, -0.05) is 39.8 Å². The van der Waals surface area contributed by atoms with E-state index in [1.807, 2.05) is 38.1 Å². The second kappa shape index (κ2) is 26.4. The van der Waals surface area contributed by atoms with E-state index in [-0.39, 0.29) is 17.9 Å². The molecule has 0 heterocycles. The van der Waals surface area contributed by atoms with Crippen molar-refractivity contribution in [1.82, 2.24) is 10.6 Å². The molecule has 0 saturated carbocycles. The summed E-state index contributed by atoms with van der Waals surface area (Å²) < 4.78 is 26.9. The number of ether oxygens (including phenoxy) is 5. The molecule has 0 fully saturated rings. The fraction of sp³-hybridized carbons (Fsp3) is 0.724. The van der Waals surface area contributed by atoms with Crippen molar-refractivity contribution >= 4 is 11.8 Å². The number of aryl methyl sites for hydroxylation is 1. The van der Waals surface area contributed by atoms with Crippen LogP contribution >= 0.6 is 0 Å². The lowest BCUT2D eigenvalue weighted by Gasteiger charge is -2.14. The SMILES string of the molecule is CC.CCC(CC)NC(=O)CCOCCOCCOCCOCCNC(=O)CCCc1ccc(OC)cc1. The Morgan fingerprint density at radius 3 is 1.79 bits per heavy atom. The number of hydrogen-bond donors (Lipinski definition) is 2. The van der Waals surface area contributed by atoms with Crippen LogP contribution in [0.1, 0.15) is 65.4 Å². The van der Waals surface area contributed by atoms with E-state index < -0.39 is 0 Å². The highest BCUT2D eigenvalue weighted by atomic mass is 16.6. The third-order valence-corrected chi connectivity index (χ3v) is 5.54. The Morgan fingerprint density at radius 2 is 1.26 bits per heavy atom. The zero-order valence-corrected chi connectivity index (χ0v) is 24.4. The van der Waals surface area contributed by atoms with Crippen molar-refractivity contribution in [2.45, 2.75) is 72.3 Å². The van der Waals surface area contributed by atoms with Gasteiger partial charge in [0.05, 0.1) is 60.0 Å². The Kier molecular flexibility index (Phi) is 24.9. The van der Waals surface area contributed by atoms with Gasteiger partial charge in [-0.25, -0.2) is 0 Å². The largest absolute Gasteiger partial charge is 0.497 e. The monoisotopic (exact) mass is 540 g/mol. The maximum absolute atomic E-state index is 11.9. The Labute approximate surface area is 230 Å². The average Bonchev–Trinajstić information content (AvgIpc) is 2.95. The van der Waals surface area contributed by atoms with Crippen molar-refractivity contribution in [3.63, 3.8) is 0 Å². The fourth-order valence-corrected chi connectivity index (χ4v) is 3.32. The molecule has 0 saturated heterocycles. The molecule has 0 spiro atoms. The maximum atomic E-state index is 11.9. The van der Waals surface area contributed by atoms with Crippen LogP contribution in [0, 0.1) is 0 Å². The van der Waals surface area contributed by atoms with Gasteiger partial charge in [0.1, 0.15) is 5.75 Å². The number of nitrogens with one attached hydrogen (secondary N) is 2. The summed E-state index contributed by atoms with van der Waals surface area (Å²) in [5.41, 5.74) is 1.19. The summed E-state index contributed by atoms with van der Waals surface area (Å²) in [7, 11) is 1.65. The molecule has 0 bridgehead atoms. The van der Waals surface area contributed by atoms with E-state index in [0.717, 1.165) is 31.4 Å². The molecular weight excluding hydrogens is 488 g/mol. The van der Waals surface area contributed by atoms with Crippen LogP contribution in [-0.4, -0.2) is 84.4 Å². The van der Waals surface area contributed by atoms with Gasteiger partial charge in [-0.2, -0.15) is 0 Å². The molecule has 0 aliphatic rings. The van der Waals surface area contributed by atoms with Crippen LogP contribution < -0.4 is 15.4 Å². The minimum absolute atomic E-state index is 0.0309. The van der Waals surface area contributed by atoms with Crippen LogP contribution in [0.25, 0.3) is 0 Å². The smallest absolute Gasteiger partial charge is 0.222 e. The summed E-state index contributed by atoms with van der Waals surface area (Å²) in [5, 5.41) is 5.85. The molecule has 0 aromatic heterocycles. The minimum atomic E-state index is 0.0309. The highest BCUT2D eigenvalue weighted by molar-refractivity contribution is 5.76. The van der Waals surface area contributed by atoms with Gasteiger partial charge in [-0.3, -0.25) is 9.59 Å². The van der Waals surface area contributed by atoms with Crippen molar-refractivity contribution in [3.05, 3.63) is 29.8 Å². The summed E-state index contributed by atoms with van der Waals surface area (Å²) in [5.74, 6) is 0.904. The van der Waals surface area contributed by atoms with E-state index in [1.54, 1.807) is 7.11 Å². The number of carbonyl (C=O) groups excluding carboxylic acids is 2. The van der Waals surface area contributed by atoms with Gasteiger partial charge in [0, 0.05) is 25.4 Å². The van der Waals surface area contributed by atoms with Crippen molar-refractivity contribution in [1.29, 1.82) is 0 Å². The number of amides is 2. The van der Waals surface area contributed by atoms with Crippen molar-refractivity contribution in [3.8, 4) is 5.75 Å². The van der Waals surface area contributed by atoms with Gasteiger partial charge in [-0.05, 0) is 43.4 Å². The highest BCUT2D eigenvalue weighted by Gasteiger charge is 2.07. The molecule has 9 heteroatoms. The topological polar surface area (TPSA) is 104 Å². The summed E-state index contributed by atoms with van der Waals surface area (Å²) in [6, 6.07) is 8.15. The molecule has 1 rings (SSSR count). The Bertz CT molecular complexity index is 682. The Balaban J connectivity index is 0.00000667. The summed E-state index contributed by atoms with van der Waals surface area (Å²) in [6.45, 7) is 12.3. The van der Waals surface area contributed by atoms with Gasteiger partial charge in [0.25, 0.3) is 0 Å². The van der Waals surface area contributed by atoms with Crippen LogP contribution in [0.5, 0.6) is 5.75 Å². The predicted molar refractivity (Wildman–Crippen MR) is 151 cm³/mol. The lowest BCUT2D eigenvalue weighted by Crippen LogP contribution is -2.34. The molecule has 2 N–H and O–H groups in total.